The first kappa shape index (κ1) is 16.2. The second-order valence-corrected chi connectivity index (χ2v) is 6.46. The molecule has 1 N–H and O–H groups in total. The number of benzene rings is 2. The van der Waals surface area contributed by atoms with Gasteiger partial charge in [-0.25, -0.2) is 4.99 Å². The lowest BCUT2D eigenvalue weighted by Gasteiger charge is -2.02. The van der Waals surface area contributed by atoms with E-state index in [-0.39, 0.29) is 18.3 Å². The number of amides is 1. The molecular formula is C18H11N2O5S-. The minimum atomic E-state index is -1.28. The number of carboxylic acid groups (broad SMARTS) is 1. The van der Waals surface area contributed by atoms with Gasteiger partial charge in [0.1, 0.15) is 0 Å². The maximum atomic E-state index is 12.1. The van der Waals surface area contributed by atoms with Gasteiger partial charge in [-0.2, -0.15) is 0 Å². The molecule has 26 heavy (non-hydrogen) atoms. The largest absolute Gasteiger partial charge is 0.545 e. The number of rotatable bonds is 3. The van der Waals surface area contributed by atoms with Gasteiger partial charge in [-0.15, -0.1) is 0 Å². The van der Waals surface area contributed by atoms with Crippen molar-refractivity contribution in [2.75, 3.05) is 6.79 Å². The van der Waals surface area contributed by atoms with Gasteiger partial charge in [0.15, 0.2) is 16.7 Å². The Labute approximate surface area is 152 Å². The van der Waals surface area contributed by atoms with Gasteiger partial charge in [0.2, 0.25) is 6.79 Å². The molecule has 0 atom stereocenters. The first-order valence-corrected chi connectivity index (χ1v) is 8.41. The fraction of sp³-hybridized carbons (Fsp3) is 0.0556. The molecule has 0 saturated carbocycles. The van der Waals surface area contributed by atoms with Crippen molar-refractivity contribution in [1.82, 2.24) is 5.32 Å². The lowest BCUT2D eigenvalue weighted by atomic mass is 10.2. The van der Waals surface area contributed by atoms with Crippen LogP contribution in [0.15, 0.2) is 52.4 Å². The summed E-state index contributed by atoms with van der Waals surface area (Å²) in [5, 5.41) is 13.9. The normalized spacial score (nSPS) is 18.4. The van der Waals surface area contributed by atoms with Crippen LogP contribution in [0.5, 0.6) is 11.5 Å². The molecule has 7 nitrogen and oxygen atoms in total. The van der Waals surface area contributed by atoms with E-state index < -0.39 is 5.97 Å². The van der Waals surface area contributed by atoms with Crippen LogP contribution in [0.2, 0.25) is 0 Å². The summed E-state index contributed by atoms with van der Waals surface area (Å²) in [6.07, 6.45) is 1.72. The molecule has 0 aliphatic carbocycles. The van der Waals surface area contributed by atoms with Crippen LogP contribution >= 0.6 is 11.8 Å². The molecule has 0 bridgehead atoms. The molecule has 1 saturated heterocycles. The number of amidine groups is 1. The van der Waals surface area contributed by atoms with Crippen LogP contribution in [-0.4, -0.2) is 23.8 Å². The monoisotopic (exact) mass is 367 g/mol. The van der Waals surface area contributed by atoms with Crippen LogP contribution in [0, 0.1) is 0 Å². The molecule has 0 radical (unpaired) electrons. The van der Waals surface area contributed by atoms with Crippen molar-refractivity contribution < 1.29 is 24.2 Å². The topological polar surface area (TPSA) is 100 Å². The highest BCUT2D eigenvalue weighted by Gasteiger charge is 2.24. The first-order chi connectivity index (χ1) is 12.6. The van der Waals surface area contributed by atoms with E-state index in [0.29, 0.717) is 27.3 Å². The maximum absolute atomic E-state index is 12.1. The summed E-state index contributed by atoms with van der Waals surface area (Å²) in [6, 6.07) is 11.4. The van der Waals surface area contributed by atoms with Crippen LogP contribution in [0.4, 0.5) is 5.69 Å². The van der Waals surface area contributed by atoms with Gasteiger partial charge in [0.25, 0.3) is 5.91 Å². The van der Waals surface area contributed by atoms with E-state index in [1.54, 1.807) is 30.3 Å². The van der Waals surface area contributed by atoms with E-state index in [9.17, 15) is 14.7 Å². The molecule has 1 amide bonds. The predicted octanol–water partition coefficient (Wildman–Crippen LogP) is 1.67. The number of aliphatic imine (C=N–C) groups is 1. The number of fused-ring (bicyclic) bond motifs is 1. The lowest BCUT2D eigenvalue weighted by Crippen LogP contribution is -2.22. The zero-order chi connectivity index (χ0) is 18.1. The summed E-state index contributed by atoms with van der Waals surface area (Å²) >= 11 is 1.17. The molecule has 2 aliphatic rings. The van der Waals surface area contributed by atoms with E-state index in [2.05, 4.69) is 10.3 Å². The minimum Gasteiger partial charge on any atom is -0.545 e. The third-order valence-corrected chi connectivity index (χ3v) is 4.57. The Hall–Kier alpha value is -3.26. The Morgan fingerprint density at radius 2 is 2.04 bits per heavy atom. The molecular weight excluding hydrogens is 356 g/mol. The van der Waals surface area contributed by atoms with Gasteiger partial charge in [-0.3, -0.25) is 4.79 Å². The van der Waals surface area contributed by atoms with Gasteiger partial charge in [0, 0.05) is 0 Å². The number of thioether (sulfide) groups is 1. The van der Waals surface area contributed by atoms with Gasteiger partial charge in [0.05, 0.1) is 16.6 Å². The molecule has 1 fully saturated rings. The Morgan fingerprint density at radius 1 is 1.19 bits per heavy atom. The maximum Gasteiger partial charge on any atom is 0.264 e. The molecule has 0 unspecified atom stereocenters. The Morgan fingerprint density at radius 3 is 2.88 bits per heavy atom. The summed E-state index contributed by atoms with van der Waals surface area (Å²) in [6.45, 7) is 0.187. The molecule has 4 rings (SSSR count). The van der Waals surface area contributed by atoms with Gasteiger partial charge < -0.3 is 24.7 Å². The highest BCUT2D eigenvalue weighted by Crippen LogP contribution is 2.34. The number of hydrogen-bond acceptors (Lipinski definition) is 7. The van der Waals surface area contributed by atoms with Crippen LogP contribution < -0.4 is 19.9 Å². The second-order valence-electron chi connectivity index (χ2n) is 5.43. The highest BCUT2D eigenvalue weighted by atomic mass is 32.2. The molecule has 2 aromatic carbocycles. The van der Waals surface area contributed by atoms with Gasteiger partial charge in [-0.05, 0) is 53.2 Å². The van der Waals surface area contributed by atoms with Crippen molar-refractivity contribution in [3.05, 3.63) is 58.5 Å². The molecule has 2 aromatic rings. The van der Waals surface area contributed by atoms with E-state index in [0.717, 1.165) is 5.56 Å². The summed E-state index contributed by atoms with van der Waals surface area (Å²) in [7, 11) is 0. The molecule has 0 aromatic heterocycles. The Kier molecular flexibility index (Phi) is 4.10. The zero-order valence-electron chi connectivity index (χ0n) is 13.2. The average Bonchev–Trinajstić information content (AvgIpc) is 3.21. The van der Waals surface area contributed by atoms with Crippen molar-refractivity contribution >= 4 is 40.6 Å². The summed E-state index contributed by atoms with van der Waals surface area (Å²) in [5.41, 5.74) is 1.24. The third kappa shape index (κ3) is 3.27. The summed E-state index contributed by atoms with van der Waals surface area (Å²) in [5.74, 6) is -0.248. The van der Waals surface area contributed by atoms with Crippen molar-refractivity contribution in [2.24, 2.45) is 4.99 Å². The van der Waals surface area contributed by atoms with Gasteiger partial charge in [-0.1, -0.05) is 18.2 Å². The lowest BCUT2D eigenvalue weighted by molar-refractivity contribution is -0.255. The molecule has 2 aliphatic heterocycles. The number of ether oxygens (including phenoxy) is 2. The van der Waals surface area contributed by atoms with E-state index >= 15 is 0 Å². The quantitative estimate of drug-likeness (QED) is 0.829. The first-order valence-electron chi connectivity index (χ1n) is 7.59. The van der Waals surface area contributed by atoms with Crippen molar-refractivity contribution in [2.45, 2.75) is 0 Å². The Bertz CT molecular complexity index is 983. The number of carbonyl (C=O) groups excluding carboxylic acids is 2. The molecule has 8 heteroatoms. The fourth-order valence-electron chi connectivity index (χ4n) is 2.45. The van der Waals surface area contributed by atoms with Crippen LogP contribution in [0.3, 0.4) is 0 Å². The molecule has 2 heterocycles. The van der Waals surface area contributed by atoms with E-state index in [1.165, 1.54) is 23.9 Å². The van der Waals surface area contributed by atoms with Crippen molar-refractivity contribution in [1.29, 1.82) is 0 Å². The number of aromatic carboxylic acids is 1. The van der Waals surface area contributed by atoms with Crippen molar-refractivity contribution in [3.8, 4) is 11.5 Å². The number of nitrogens with one attached hydrogen (secondary N) is 1. The molecule has 130 valence electrons. The SMILES string of the molecule is O=C1NC(=Nc2cccc(C(=O)[O-])c2)S/C1=C\c1ccc2c(c1)OCO2. The number of carboxylic acids is 1. The average molecular weight is 367 g/mol. The summed E-state index contributed by atoms with van der Waals surface area (Å²) in [4.78, 5) is 27.8. The Balaban J connectivity index is 1.57. The van der Waals surface area contributed by atoms with Crippen molar-refractivity contribution in [3.63, 3.8) is 0 Å². The zero-order valence-corrected chi connectivity index (χ0v) is 14.0. The van der Waals surface area contributed by atoms with Crippen LogP contribution in [-0.2, 0) is 4.79 Å². The second kappa shape index (κ2) is 6.57. The number of hydrogen-bond donors (Lipinski definition) is 1. The highest BCUT2D eigenvalue weighted by molar-refractivity contribution is 8.18. The summed E-state index contributed by atoms with van der Waals surface area (Å²) < 4.78 is 10.6. The minimum absolute atomic E-state index is 0.0253. The smallest absolute Gasteiger partial charge is 0.264 e. The number of carbonyl (C=O) groups is 2. The molecule has 0 spiro atoms. The van der Waals surface area contributed by atoms with Gasteiger partial charge >= 0.3 is 0 Å². The standard InChI is InChI=1S/C18H12N2O5S/c21-16-15(7-10-4-5-13-14(6-10)25-9-24-13)26-18(20-16)19-12-3-1-2-11(8-12)17(22)23/h1-8H,9H2,(H,22,23)(H,19,20,21)/p-1/b15-7-. The number of nitrogens with zero attached hydrogens (tertiary/aromatic N) is 1. The van der Waals surface area contributed by atoms with E-state index in [1.807, 2.05) is 6.07 Å². The fourth-order valence-corrected chi connectivity index (χ4v) is 3.30. The van der Waals surface area contributed by atoms with Crippen LogP contribution in [0.25, 0.3) is 6.08 Å². The van der Waals surface area contributed by atoms with E-state index in [4.69, 9.17) is 9.47 Å². The van der Waals surface area contributed by atoms with Crippen LogP contribution in [0.1, 0.15) is 15.9 Å². The predicted molar refractivity (Wildman–Crippen MR) is 94.1 cm³/mol. The third-order valence-electron chi connectivity index (χ3n) is 3.66.